The number of benzene rings is 4. The molecule has 3 aliphatic heterocycles. The van der Waals surface area contributed by atoms with Crippen LogP contribution in [-0.4, -0.2) is 112 Å². The number of aromatic nitrogens is 4. The summed E-state index contributed by atoms with van der Waals surface area (Å²) < 4.78 is 28.8. The van der Waals surface area contributed by atoms with Gasteiger partial charge in [0, 0.05) is 37.3 Å². The molecule has 5 heterocycles. The molecule has 16 nitrogen and oxygen atoms in total. The fourth-order valence-corrected chi connectivity index (χ4v) is 10.3. The van der Waals surface area contributed by atoms with Gasteiger partial charge in [0.05, 0.1) is 54.5 Å². The van der Waals surface area contributed by atoms with E-state index in [1.54, 1.807) is 34.3 Å². The third kappa shape index (κ3) is 10.2. The Hall–Kier alpha value is -7.71. The molecule has 0 bridgehead atoms. The Labute approximate surface area is 394 Å². The van der Waals surface area contributed by atoms with Crippen molar-refractivity contribution >= 4 is 33.8 Å². The molecule has 17 heteroatoms. The van der Waals surface area contributed by atoms with Gasteiger partial charge >= 0.3 is 12.1 Å². The minimum atomic E-state index is -3.18. The number of urea groups is 1. The topological polar surface area (TPSA) is 203 Å². The first-order valence-corrected chi connectivity index (χ1v) is 24.5. The van der Waals surface area contributed by atoms with Crippen molar-refractivity contribution in [1.82, 2.24) is 45.3 Å². The lowest BCUT2D eigenvalue weighted by molar-refractivity contribution is -0.135. The third-order valence-electron chi connectivity index (χ3n) is 12.7. The van der Waals surface area contributed by atoms with E-state index in [4.69, 9.17) is 9.72 Å². The van der Waals surface area contributed by atoms with Crippen molar-refractivity contribution in [3.8, 4) is 34.4 Å². The lowest BCUT2D eigenvalue weighted by atomic mass is 10.0. The SMILES string of the molecule is COC(=O)NC(C(=O)N1CCCC1c1ncc(-c2ccc(C#Cc3ccc(-c4cnc(C5CCCN5C(=O)C(NC(=O)N5CCS(=O)(=O)CC5)c5ccccc5)[nH]4)cc3)cc2)[nH]1)c1ccccc1. The number of amides is 5. The number of nitrogens with one attached hydrogen (secondary N) is 4. The molecule has 0 saturated carbocycles. The van der Waals surface area contributed by atoms with Gasteiger partial charge in [-0.15, -0.1) is 0 Å². The summed E-state index contributed by atoms with van der Waals surface area (Å²) in [6, 6.07) is 31.0. The van der Waals surface area contributed by atoms with Crippen molar-refractivity contribution < 1.29 is 32.3 Å². The van der Waals surface area contributed by atoms with Gasteiger partial charge in [-0.3, -0.25) is 9.59 Å². The number of likely N-dealkylation sites (tertiary alicyclic amines) is 2. The van der Waals surface area contributed by atoms with Gasteiger partial charge in [-0.1, -0.05) is 96.8 Å². The molecule has 0 radical (unpaired) electrons. The van der Waals surface area contributed by atoms with Crippen molar-refractivity contribution in [3.63, 3.8) is 0 Å². The zero-order chi connectivity index (χ0) is 47.2. The normalized spacial score (nSPS) is 18.5. The van der Waals surface area contributed by atoms with Crippen LogP contribution < -0.4 is 10.6 Å². The van der Waals surface area contributed by atoms with Gasteiger partial charge < -0.3 is 40.0 Å². The molecule has 4 atom stereocenters. The summed E-state index contributed by atoms with van der Waals surface area (Å²) in [5, 5.41) is 5.61. The molecule has 4 unspecified atom stereocenters. The molecule has 9 rings (SSSR count). The molecule has 5 amide bonds. The van der Waals surface area contributed by atoms with E-state index in [1.807, 2.05) is 97.1 Å². The van der Waals surface area contributed by atoms with Crippen LogP contribution in [-0.2, 0) is 24.2 Å². The Morgan fingerprint density at radius 2 is 1.07 bits per heavy atom. The van der Waals surface area contributed by atoms with E-state index in [0.717, 1.165) is 52.9 Å². The van der Waals surface area contributed by atoms with E-state index < -0.39 is 34.0 Å². The number of carbonyl (C=O) groups is 4. The summed E-state index contributed by atoms with van der Waals surface area (Å²) in [6.07, 6.45) is 5.86. The first kappa shape index (κ1) is 45.4. The molecule has 348 valence electrons. The fourth-order valence-electron chi connectivity index (χ4n) is 9.05. The predicted molar refractivity (Wildman–Crippen MR) is 254 cm³/mol. The Morgan fingerprint density at radius 3 is 1.51 bits per heavy atom. The summed E-state index contributed by atoms with van der Waals surface area (Å²) in [4.78, 5) is 75.0. The van der Waals surface area contributed by atoms with E-state index in [2.05, 4.69) is 37.4 Å². The van der Waals surface area contributed by atoms with Crippen LogP contribution in [0.1, 0.15) is 83.8 Å². The summed E-state index contributed by atoms with van der Waals surface area (Å²) in [5.74, 6) is 7.14. The maximum atomic E-state index is 14.3. The lowest BCUT2D eigenvalue weighted by Crippen LogP contribution is -2.51. The second-order valence-electron chi connectivity index (χ2n) is 17.1. The molecular formula is C51H51N9O7S. The minimum Gasteiger partial charge on any atom is -0.453 e. The summed E-state index contributed by atoms with van der Waals surface area (Å²) >= 11 is 0. The highest BCUT2D eigenvalue weighted by molar-refractivity contribution is 7.91. The zero-order valence-corrected chi connectivity index (χ0v) is 38.2. The second kappa shape index (κ2) is 20.0. The van der Waals surface area contributed by atoms with Crippen molar-refractivity contribution in [1.29, 1.82) is 0 Å². The predicted octanol–water partition coefficient (Wildman–Crippen LogP) is 6.47. The van der Waals surface area contributed by atoms with Gasteiger partial charge in [0.15, 0.2) is 9.84 Å². The highest BCUT2D eigenvalue weighted by Gasteiger charge is 2.39. The Balaban J connectivity index is 0.828. The number of hydrogen-bond acceptors (Lipinski definition) is 9. The highest BCUT2D eigenvalue weighted by atomic mass is 32.2. The number of rotatable bonds is 10. The van der Waals surface area contributed by atoms with Crippen LogP contribution >= 0.6 is 0 Å². The largest absolute Gasteiger partial charge is 0.453 e. The first-order valence-electron chi connectivity index (χ1n) is 22.7. The van der Waals surface area contributed by atoms with E-state index >= 15 is 0 Å². The van der Waals surface area contributed by atoms with Crippen molar-refractivity contribution in [3.05, 3.63) is 155 Å². The number of methoxy groups -OCH3 is 1. The third-order valence-corrected chi connectivity index (χ3v) is 14.4. The zero-order valence-electron chi connectivity index (χ0n) is 37.4. The van der Waals surface area contributed by atoms with E-state index in [-0.39, 0.29) is 48.5 Å². The van der Waals surface area contributed by atoms with Crippen LogP contribution in [0.5, 0.6) is 0 Å². The van der Waals surface area contributed by atoms with Crippen LogP contribution in [0.2, 0.25) is 0 Å². The molecule has 6 aromatic rings. The molecule has 4 aromatic carbocycles. The number of imidazole rings is 2. The van der Waals surface area contributed by atoms with E-state index in [9.17, 15) is 27.6 Å². The van der Waals surface area contributed by atoms with E-state index in [0.29, 0.717) is 42.3 Å². The van der Waals surface area contributed by atoms with Crippen molar-refractivity contribution in [2.75, 3.05) is 44.8 Å². The van der Waals surface area contributed by atoms with Gasteiger partial charge in [-0.05, 0) is 72.2 Å². The number of carbonyl (C=O) groups excluding carboxylic acids is 4. The number of sulfone groups is 1. The fraction of sp³-hybridized carbons (Fsp3) is 0.294. The summed E-state index contributed by atoms with van der Waals surface area (Å²) in [5.41, 5.74) is 6.40. The van der Waals surface area contributed by atoms with Crippen molar-refractivity contribution in [2.45, 2.75) is 49.9 Å². The maximum absolute atomic E-state index is 14.3. The van der Waals surface area contributed by atoms with Gasteiger partial charge in [0.2, 0.25) is 5.91 Å². The lowest BCUT2D eigenvalue weighted by Gasteiger charge is -2.32. The van der Waals surface area contributed by atoms with Gasteiger partial charge in [-0.25, -0.2) is 28.0 Å². The van der Waals surface area contributed by atoms with Gasteiger partial charge in [-0.2, -0.15) is 0 Å². The second-order valence-corrected chi connectivity index (χ2v) is 19.4. The number of hydrogen-bond donors (Lipinski definition) is 4. The molecule has 0 aliphatic carbocycles. The summed E-state index contributed by atoms with van der Waals surface area (Å²) in [7, 11) is -1.91. The molecule has 3 aliphatic rings. The number of H-pyrrole nitrogens is 2. The quantitative estimate of drug-likeness (QED) is 0.111. The van der Waals surface area contributed by atoms with Crippen molar-refractivity contribution in [2.24, 2.45) is 0 Å². The van der Waals surface area contributed by atoms with Crippen LogP contribution in [0.4, 0.5) is 9.59 Å². The Bertz CT molecular complexity index is 2930. The molecule has 68 heavy (non-hydrogen) atoms. The minimum absolute atomic E-state index is 0.0778. The van der Waals surface area contributed by atoms with Gasteiger partial charge in [0.1, 0.15) is 23.7 Å². The smallest absolute Gasteiger partial charge is 0.407 e. The molecular weight excluding hydrogens is 883 g/mol. The average Bonchev–Trinajstić information content (AvgIpc) is 4.23. The number of nitrogens with zero attached hydrogens (tertiary/aromatic N) is 5. The summed E-state index contributed by atoms with van der Waals surface area (Å²) in [6.45, 7) is 1.19. The van der Waals surface area contributed by atoms with E-state index in [1.165, 1.54) is 12.0 Å². The first-order chi connectivity index (χ1) is 33.0. The van der Waals surface area contributed by atoms with Crippen LogP contribution in [0.25, 0.3) is 22.5 Å². The molecule has 3 fully saturated rings. The number of aromatic amines is 2. The van der Waals surface area contributed by atoms with Gasteiger partial charge in [0.25, 0.3) is 5.91 Å². The molecule has 4 N–H and O–H groups in total. The molecule has 0 spiro atoms. The average molecular weight is 934 g/mol. The Morgan fingerprint density at radius 1 is 0.632 bits per heavy atom. The highest BCUT2D eigenvalue weighted by Crippen LogP contribution is 2.36. The van der Waals surface area contributed by atoms with Crippen LogP contribution in [0.15, 0.2) is 122 Å². The number of alkyl carbamates (subject to hydrolysis) is 1. The molecule has 2 aromatic heterocycles. The van der Waals surface area contributed by atoms with Crippen LogP contribution in [0, 0.1) is 11.8 Å². The number of ether oxygens (including phenoxy) is 1. The monoisotopic (exact) mass is 933 g/mol. The Kier molecular flexibility index (Phi) is 13.4. The van der Waals surface area contributed by atoms with Crippen LogP contribution in [0.3, 0.4) is 0 Å². The molecule has 3 saturated heterocycles. The standard InChI is InChI=1S/C51H51N9O7S/c1-67-51(64)57-45(39-12-6-3-7-13-39)49(62)60-27-9-15-43(60)47-53-33-41(55-47)37-24-20-35(21-25-37)17-16-34-18-22-36(23-19-34)40-32-52-46(54-40)42-14-8-26-59(42)48(61)44(38-10-4-2-5-11-38)56-50(63)58-28-30-68(65,66)31-29-58/h2-7,10-13,18-25,32-33,42-45H,8-9,14-15,26-31H2,1H3,(H,52,54)(H,53,55)(H,56,63)(H,57,64). The maximum Gasteiger partial charge on any atom is 0.407 e.